The first-order chi connectivity index (χ1) is 19.9. The molecule has 3 aliphatic rings. The van der Waals surface area contributed by atoms with Crippen molar-refractivity contribution in [2.75, 3.05) is 0 Å². The maximum atomic E-state index is 6.34. The molecule has 42 heavy (non-hydrogen) atoms. The van der Waals surface area contributed by atoms with Gasteiger partial charge in [-0.2, -0.15) is 0 Å². The molecule has 0 saturated heterocycles. The summed E-state index contributed by atoms with van der Waals surface area (Å²) in [5.74, 6) is 0.995. The van der Waals surface area contributed by atoms with Crippen LogP contribution in [-0.2, 0) is 0 Å². The second kappa shape index (κ2) is 9.96. The van der Waals surface area contributed by atoms with E-state index in [9.17, 15) is 0 Å². The highest BCUT2D eigenvalue weighted by atomic mass is 32.1. The van der Waals surface area contributed by atoms with Crippen LogP contribution in [0.1, 0.15) is 70.6 Å². The van der Waals surface area contributed by atoms with Crippen molar-refractivity contribution in [3.8, 4) is 22.3 Å². The van der Waals surface area contributed by atoms with Gasteiger partial charge in [-0.3, -0.25) is 0 Å². The second-order valence-electron chi connectivity index (χ2n) is 13.3. The predicted molar refractivity (Wildman–Crippen MR) is 188 cm³/mol. The number of fused-ring (bicyclic) bond motifs is 3. The van der Waals surface area contributed by atoms with Crippen LogP contribution < -0.4 is 5.73 Å². The highest BCUT2D eigenvalue weighted by Crippen LogP contribution is 2.69. The third-order valence-electron chi connectivity index (χ3n) is 11.6. The van der Waals surface area contributed by atoms with Crippen molar-refractivity contribution in [1.29, 1.82) is 0 Å². The van der Waals surface area contributed by atoms with Crippen LogP contribution in [0, 0.1) is 29.6 Å². The lowest BCUT2D eigenvalue weighted by molar-refractivity contribution is 0.0377. The lowest BCUT2D eigenvalue weighted by Crippen LogP contribution is -2.58. The lowest BCUT2D eigenvalue weighted by atomic mass is 9.41. The van der Waals surface area contributed by atoms with E-state index < -0.39 is 0 Å². The third kappa shape index (κ3) is 3.72. The average molecular weight is 588 g/mol. The number of hydrogen-bond acceptors (Lipinski definition) is 2. The van der Waals surface area contributed by atoms with Gasteiger partial charge in [0.2, 0.25) is 0 Å². The van der Waals surface area contributed by atoms with Crippen LogP contribution in [0.15, 0.2) is 95.6 Å². The fourth-order valence-electron chi connectivity index (χ4n) is 9.08. The molecule has 2 N–H and O–H groups in total. The molecule has 3 aromatic rings. The molecule has 6 rings (SSSR count). The highest BCUT2D eigenvalue weighted by Gasteiger charge is 2.62. The van der Waals surface area contributed by atoms with Crippen LogP contribution in [0.5, 0.6) is 0 Å². The van der Waals surface area contributed by atoms with Crippen molar-refractivity contribution in [2.45, 2.75) is 60.8 Å². The fourth-order valence-corrected chi connectivity index (χ4v) is 10.1. The van der Waals surface area contributed by atoms with Gasteiger partial charge in [-0.25, -0.2) is 0 Å². The molecular formula is C39H41NS2. The maximum Gasteiger partial charge on any atom is 0.105 e. The van der Waals surface area contributed by atoms with E-state index in [1.54, 1.807) is 0 Å². The summed E-state index contributed by atoms with van der Waals surface area (Å²) >= 11 is 11.9. The summed E-state index contributed by atoms with van der Waals surface area (Å²) in [7, 11) is 0. The Labute approximate surface area is 262 Å². The molecule has 3 heteroatoms. The summed E-state index contributed by atoms with van der Waals surface area (Å²) in [6.45, 7) is 21.4. The number of benzene rings is 3. The topological polar surface area (TPSA) is 26.0 Å². The van der Waals surface area contributed by atoms with Gasteiger partial charge in [-0.15, -0.1) is 0 Å². The Morgan fingerprint density at radius 2 is 1.45 bits per heavy atom. The van der Waals surface area contributed by atoms with Gasteiger partial charge < -0.3 is 5.73 Å². The molecular weight excluding hydrogens is 547 g/mol. The Bertz CT molecular complexity index is 1740. The maximum absolute atomic E-state index is 6.34. The second-order valence-corrected chi connectivity index (χ2v) is 14.2. The van der Waals surface area contributed by atoms with E-state index in [2.05, 4.69) is 115 Å². The van der Waals surface area contributed by atoms with Crippen LogP contribution in [-0.4, -0.2) is 9.85 Å². The van der Waals surface area contributed by atoms with Crippen molar-refractivity contribution in [2.24, 2.45) is 28.4 Å². The van der Waals surface area contributed by atoms with Gasteiger partial charge in [0.1, 0.15) is 4.99 Å². The molecule has 3 aromatic carbocycles. The molecule has 0 spiro atoms. The van der Waals surface area contributed by atoms with E-state index >= 15 is 0 Å². The van der Waals surface area contributed by atoms with E-state index in [4.69, 9.17) is 36.7 Å². The van der Waals surface area contributed by atoms with Crippen LogP contribution in [0.25, 0.3) is 27.8 Å². The number of nitrogens with two attached hydrogens (primary N) is 1. The molecule has 0 saturated carbocycles. The van der Waals surface area contributed by atoms with E-state index in [-0.39, 0.29) is 10.8 Å². The first-order valence-corrected chi connectivity index (χ1v) is 15.9. The Kier molecular flexibility index (Phi) is 6.87. The zero-order valence-electron chi connectivity index (χ0n) is 25.9. The normalized spacial score (nSPS) is 28.8. The summed E-state index contributed by atoms with van der Waals surface area (Å²) in [6.07, 6.45) is 0.933. The minimum atomic E-state index is -0.348. The monoisotopic (exact) mass is 587 g/mol. The van der Waals surface area contributed by atoms with Crippen molar-refractivity contribution in [3.63, 3.8) is 0 Å². The van der Waals surface area contributed by atoms with E-state index in [1.165, 1.54) is 55.7 Å². The fraction of sp³-hybridized carbons (Fsp3) is 0.333. The predicted octanol–water partition coefficient (Wildman–Crippen LogP) is 10.4. The molecule has 5 atom stereocenters. The van der Waals surface area contributed by atoms with Crippen molar-refractivity contribution in [3.05, 3.63) is 112 Å². The zero-order chi connectivity index (χ0) is 30.3. The summed E-state index contributed by atoms with van der Waals surface area (Å²) in [6, 6.07) is 24.1. The smallest absolute Gasteiger partial charge is 0.105 e. The molecule has 0 heterocycles. The third-order valence-corrected chi connectivity index (χ3v) is 12.4. The standard InChI is InChI=1S/C39H41NS2/c1-21-20-38(7)25(5)33-24(4)35-30(28-17-13-10-14-18-28)19-29(27-15-11-9-12-16-27)22(2)32(35)23(3)34(33)26(6)39(38,8)36(41)31(21)37(40)42/h9-19,24-25,33H,3,20H2,1-2,4-8H3,(H2,40,42). The van der Waals surface area contributed by atoms with Gasteiger partial charge >= 0.3 is 0 Å². The van der Waals surface area contributed by atoms with Crippen molar-refractivity contribution >= 4 is 39.9 Å². The SMILES string of the molecule is C=C1C2=C(C)C3(C)C(=S)C(C(N)=S)=C(C)CC3(C)C(C)C2C(C)c2c(-c3ccccc3)cc(-c3ccccc3)c(C)c21. The summed E-state index contributed by atoms with van der Waals surface area (Å²) in [5, 5.41) is 0. The number of thiocarbonyl (C=S) groups is 2. The van der Waals surface area contributed by atoms with Crippen LogP contribution in [0.2, 0.25) is 0 Å². The first kappa shape index (κ1) is 29.0. The van der Waals surface area contributed by atoms with Crippen LogP contribution >= 0.6 is 24.4 Å². The van der Waals surface area contributed by atoms with Crippen molar-refractivity contribution in [1.82, 2.24) is 0 Å². The zero-order valence-corrected chi connectivity index (χ0v) is 27.5. The molecule has 0 fully saturated rings. The minimum Gasteiger partial charge on any atom is -0.389 e. The Morgan fingerprint density at radius 3 is 2.00 bits per heavy atom. The number of allylic oxidation sites excluding steroid dienone is 4. The van der Waals surface area contributed by atoms with Gasteiger partial charge in [0.05, 0.1) is 0 Å². The molecule has 3 aliphatic carbocycles. The average Bonchev–Trinajstić information content (AvgIpc) is 2.96. The molecule has 0 aromatic heterocycles. The molecule has 1 nitrogen and oxygen atoms in total. The Morgan fingerprint density at radius 1 is 0.905 bits per heavy atom. The lowest BCUT2D eigenvalue weighted by Gasteiger charge is -2.62. The molecule has 0 radical (unpaired) electrons. The highest BCUT2D eigenvalue weighted by molar-refractivity contribution is 7.83. The van der Waals surface area contributed by atoms with Crippen LogP contribution in [0.3, 0.4) is 0 Å². The summed E-state index contributed by atoms with van der Waals surface area (Å²) in [5.41, 5.74) is 21.0. The first-order valence-electron chi connectivity index (χ1n) is 15.1. The molecule has 5 unspecified atom stereocenters. The van der Waals surface area contributed by atoms with Gasteiger partial charge in [0, 0.05) is 15.9 Å². The minimum absolute atomic E-state index is 0.0708. The number of hydrogen-bond donors (Lipinski definition) is 1. The molecule has 0 aliphatic heterocycles. The van der Waals surface area contributed by atoms with E-state index in [0.29, 0.717) is 22.7 Å². The van der Waals surface area contributed by atoms with Gasteiger partial charge in [0.25, 0.3) is 0 Å². The van der Waals surface area contributed by atoms with Gasteiger partial charge in [-0.05, 0) is 107 Å². The molecule has 214 valence electrons. The van der Waals surface area contributed by atoms with E-state index in [1.807, 2.05) is 0 Å². The quantitative estimate of drug-likeness (QED) is 0.309. The summed E-state index contributed by atoms with van der Waals surface area (Å²) < 4.78 is 0. The molecule has 0 bridgehead atoms. The van der Waals surface area contributed by atoms with E-state index in [0.717, 1.165) is 22.4 Å². The van der Waals surface area contributed by atoms with Crippen LogP contribution in [0.4, 0.5) is 0 Å². The Hall–Kier alpha value is -3.14. The van der Waals surface area contributed by atoms with Crippen molar-refractivity contribution < 1.29 is 0 Å². The van der Waals surface area contributed by atoms with Gasteiger partial charge in [0.15, 0.2) is 0 Å². The largest absolute Gasteiger partial charge is 0.389 e. The summed E-state index contributed by atoms with van der Waals surface area (Å²) in [4.78, 5) is 1.33. The number of rotatable bonds is 3. The Balaban J connectivity index is 1.68. The van der Waals surface area contributed by atoms with Gasteiger partial charge in [-0.1, -0.05) is 131 Å². The molecule has 0 amide bonds.